The number of nitrogens with one attached hydrogen (secondary N) is 1. The molecule has 0 aliphatic carbocycles. The molecule has 0 fully saturated rings. The fraction of sp³-hybridized carbons (Fsp3) is 0.231. The molecule has 0 saturated carbocycles. The van der Waals surface area contributed by atoms with Crippen LogP contribution in [0.15, 0.2) is 22.8 Å². The highest BCUT2D eigenvalue weighted by Crippen LogP contribution is 2.35. The van der Waals surface area contributed by atoms with Gasteiger partial charge in [-0.1, -0.05) is 11.6 Å². The number of anilines is 1. The van der Waals surface area contributed by atoms with Crippen LogP contribution in [0.3, 0.4) is 0 Å². The SMILES string of the molecule is CCOC(=O)c1cnc2c(Br)ccc(Cl)c2c1NC. The quantitative estimate of drug-likeness (QED) is 0.860. The van der Waals surface area contributed by atoms with Gasteiger partial charge in [-0.2, -0.15) is 0 Å². The highest BCUT2D eigenvalue weighted by Gasteiger charge is 2.18. The van der Waals surface area contributed by atoms with E-state index in [4.69, 9.17) is 16.3 Å². The van der Waals surface area contributed by atoms with Crippen LogP contribution in [0, 0.1) is 0 Å². The van der Waals surface area contributed by atoms with Crippen molar-refractivity contribution in [2.45, 2.75) is 6.92 Å². The van der Waals surface area contributed by atoms with Crippen LogP contribution in [0.2, 0.25) is 5.02 Å². The Morgan fingerprint density at radius 2 is 2.26 bits per heavy atom. The molecule has 0 radical (unpaired) electrons. The fourth-order valence-corrected chi connectivity index (χ4v) is 2.54. The fourth-order valence-electron chi connectivity index (χ4n) is 1.86. The van der Waals surface area contributed by atoms with Crippen molar-refractivity contribution in [3.05, 3.63) is 33.4 Å². The number of ether oxygens (including phenoxy) is 1. The van der Waals surface area contributed by atoms with Gasteiger partial charge in [0.25, 0.3) is 0 Å². The van der Waals surface area contributed by atoms with Gasteiger partial charge < -0.3 is 10.1 Å². The Balaban J connectivity index is 2.76. The topological polar surface area (TPSA) is 51.2 Å². The molecule has 1 N–H and O–H groups in total. The first-order chi connectivity index (χ1) is 9.10. The van der Waals surface area contributed by atoms with Gasteiger partial charge in [0.2, 0.25) is 0 Å². The predicted octanol–water partition coefficient (Wildman–Crippen LogP) is 3.87. The van der Waals surface area contributed by atoms with Gasteiger partial charge in [-0.15, -0.1) is 0 Å². The Bertz CT molecular complexity index is 646. The molecule has 6 heteroatoms. The third-order valence-corrected chi connectivity index (χ3v) is 3.62. The highest BCUT2D eigenvalue weighted by molar-refractivity contribution is 9.10. The van der Waals surface area contributed by atoms with Crippen LogP contribution in [0.4, 0.5) is 5.69 Å². The van der Waals surface area contributed by atoms with Crippen molar-refractivity contribution in [3.8, 4) is 0 Å². The van der Waals surface area contributed by atoms with Gasteiger partial charge in [0.1, 0.15) is 5.56 Å². The zero-order valence-electron chi connectivity index (χ0n) is 10.5. The number of aromatic nitrogens is 1. The molecule has 0 aliphatic heterocycles. The van der Waals surface area contributed by atoms with Crippen molar-refractivity contribution >= 4 is 50.1 Å². The second kappa shape index (κ2) is 5.75. The normalized spacial score (nSPS) is 10.5. The van der Waals surface area contributed by atoms with E-state index in [2.05, 4.69) is 26.2 Å². The Morgan fingerprint density at radius 1 is 1.53 bits per heavy atom. The maximum Gasteiger partial charge on any atom is 0.341 e. The molecule has 0 bridgehead atoms. The van der Waals surface area contributed by atoms with Gasteiger partial charge in [-0.3, -0.25) is 4.98 Å². The number of carbonyl (C=O) groups excluding carboxylic acids is 1. The summed E-state index contributed by atoms with van der Waals surface area (Å²) < 4.78 is 5.83. The lowest BCUT2D eigenvalue weighted by Crippen LogP contribution is -2.09. The van der Waals surface area contributed by atoms with Crippen molar-refractivity contribution in [2.24, 2.45) is 0 Å². The van der Waals surface area contributed by atoms with Crippen LogP contribution in [0.1, 0.15) is 17.3 Å². The first-order valence-electron chi connectivity index (χ1n) is 5.71. The van der Waals surface area contributed by atoms with Gasteiger partial charge in [-0.25, -0.2) is 4.79 Å². The van der Waals surface area contributed by atoms with Crippen molar-refractivity contribution < 1.29 is 9.53 Å². The number of benzene rings is 1. The number of rotatable bonds is 3. The third kappa shape index (κ3) is 2.53. The lowest BCUT2D eigenvalue weighted by atomic mass is 10.1. The molecule has 1 aromatic heterocycles. The molecule has 2 rings (SSSR count). The minimum atomic E-state index is -0.419. The van der Waals surface area contributed by atoms with Gasteiger partial charge in [0, 0.05) is 23.1 Å². The molecule has 0 unspecified atom stereocenters. The van der Waals surface area contributed by atoms with Crippen molar-refractivity contribution in [3.63, 3.8) is 0 Å². The van der Waals surface area contributed by atoms with E-state index in [9.17, 15) is 4.79 Å². The lowest BCUT2D eigenvalue weighted by Gasteiger charge is -2.13. The zero-order chi connectivity index (χ0) is 14.0. The van der Waals surface area contributed by atoms with Gasteiger partial charge >= 0.3 is 5.97 Å². The molecule has 0 spiro atoms. The molecule has 19 heavy (non-hydrogen) atoms. The number of carbonyl (C=O) groups is 1. The first kappa shape index (κ1) is 14.1. The summed E-state index contributed by atoms with van der Waals surface area (Å²) in [5.74, 6) is -0.419. The van der Waals surface area contributed by atoms with E-state index < -0.39 is 5.97 Å². The number of hydrogen-bond donors (Lipinski definition) is 1. The Kier molecular flexibility index (Phi) is 4.27. The monoisotopic (exact) mass is 342 g/mol. The molecule has 1 heterocycles. The number of esters is 1. The lowest BCUT2D eigenvalue weighted by molar-refractivity contribution is 0.0527. The largest absolute Gasteiger partial charge is 0.462 e. The molecule has 4 nitrogen and oxygen atoms in total. The van der Waals surface area contributed by atoms with E-state index in [0.717, 1.165) is 4.47 Å². The minimum absolute atomic E-state index is 0.312. The second-order valence-corrected chi connectivity index (χ2v) is 5.03. The molecular weight excluding hydrogens is 332 g/mol. The molecular formula is C13H12BrClN2O2. The second-order valence-electron chi connectivity index (χ2n) is 3.77. The number of fused-ring (bicyclic) bond motifs is 1. The number of halogens is 2. The maximum atomic E-state index is 11.9. The molecule has 100 valence electrons. The first-order valence-corrected chi connectivity index (χ1v) is 6.88. The van der Waals surface area contributed by atoms with E-state index in [-0.39, 0.29) is 0 Å². The van der Waals surface area contributed by atoms with Crippen LogP contribution in [-0.2, 0) is 4.74 Å². The predicted molar refractivity (Wildman–Crippen MR) is 80.0 cm³/mol. The smallest absolute Gasteiger partial charge is 0.341 e. The maximum absolute atomic E-state index is 11.9. The van der Waals surface area contributed by atoms with Gasteiger partial charge in [-0.05, 0) is 35.0 Å². The van der Waals surface area contributed by atoms with Crippen LogP contribution in [-0.4, -0.2) is 24.6 Å². The average Bonchev–Trinajstić information content (AvgIpc) is 2.41. The average molecular weight is 344 g/mol. The molecule has 1 aromatic carbocycles. The Morgan fingerprint density at radius 3 is 2.89 bits per heavy atom. The minimum Gasteiger partial charge on any atom is -0.462 e. The van der Waals surface area contributed by atoms with E-state index in [0.29, 0.717) is 33.8 Å². The molecule has 0 saturated heterocycles. The number of hydrogen-bond acceptors (Lipinski definition) is 4. The van der Waals surface area contributed by atoms with Gasteiger partial charge in [0.05, 0.1) is 22.8 Å². The van der Waals surface area contributed by atoms with Crippen LogP contribution in [0.25, 0.3) is 10.9 Å². The van der Waals surface area contributed by atoms with E-state index in [1.54, 1.807) is 20.0 Å². The molecule has 0 aliphatic rings. The third-order valence-electron chi connectivity index (χ3n) is 2.67. The summed E-state index contributed by atoms with van der Waals surface area (Å²) >= 11 is 9.64. The summed E-state index contributed by atoms with van der Waals surface area (Å²) in [6.07, 6.45) is 1.49. The van der Waals surface area contributed by atoms with Crippen molar-refractivity contribution in [1.82, 2.24) is 4.98 Å². The van der Waals surface area contributed by atoms with E-state index in [1.165, 1.54) is 6.20 Å². The summed E-state index contributed by atoms with van der Waals surface area (Å²) in [6, 6.07) is 3.58. The molecule has 0 atom stereocenters. The number of pyridine rings is 1. The number of nitrogens with zero attached hydrogens (tertiary/aromatic N) is 1. The summed E-state index contributed by atoms with van der Waals surface area (Å²) in [4.78, 5) is 16.2. The highest BCUT2D eigenvalue weighted by atomic mass is 79.9. The molecule has 2 aromatic rings. The zero-order valence-corrected chi connectivity index (χ0v) is 12.8. The van der Waals surface area contributed by atoms with E-state index >= 15 is 0 Å². The van der Waals surface area contributed by atoms with Crippen molar-refractivity contribution in [1.29, 1.82) is 0 Å². The van der Waals surface area contributed by atoms with Crippen LogP contribution >= 0.6 is 27.5 Å². The molecule has 0 amide bonds. The van der Waals surface area contributed by atoms with Gasteiger partial charge in [0.15, 0.2) is 0 Å². The van der Waals surface area contributed by atoms with E-state index in [1.807, 2.05) is 6.07 Å². The summed E-state index contributed by atoms with van der Waals surface area (Å²) in [5, 5.41) is 4.23. The Hall–Kier alpha value is -1.33. The summed E-state index contributed by atoms with van der Waals surface area (Å²) in [7, 11) is 1.73. The van der Waals surface area contributed by atoms with Crippen LogP contribution in [0.5, 0.6) is 0 Å². The summed E-state index contributed by atoms with van der Waals surface area (Å²) in [5.41, 5.74) is 1.69. The standard InChI is InChI=1S/C13H12BrClN2O2/c1-3-19-13(18)7-6-17-12-8(14)4-5-9(15)10(12)11(7)16-2/h4-6H,3H2,1-2H3,(H,16,17). The Labute approximate surface area is 124 Å². The summed E-state index contributed by atoms with van der Waals surface area (Å²) in [6.45, 7) is 2.07. The van der Waals surface area contributed by atoms with Crippen molar-refractivity contribution in [2.75, 3.05) is 19.0 Å². The van der Waals surface area contributed by atoms with Crippen LogP contribution < -0.4 is 5.32 Å².